The summed E-state index contributed by atoms with van der Waals surface area (Å²) in [7, 11) is 0. The molecule has 0 bridgehead atoms. The summed E-state index contributed by atoms with van der Waals surface area (Å²) in [5.74, 6) is 0.573. The molecule has 6 aromatic rings. The van der Waals surface area contributed by atoms with Crippen molar-refractivity contribution in [2.24, 2.45) is 5.10 Å². The highest BCUT2D eigenvalue weighted by Crippen LogP contribution is 2.31. The van der Waals surface area contributed by atoms with Gasteiger partial charge in [-0.3, -0.25) is 15.8 Å². The number of aromatic nitrogens is 2. The van der Waals surface area contributed by atoms with Crippen molar-refractivity contribution in [2.45, 2.75) is 0 Å². The highest BCUT2D eigenvalue weighted by molar-refractivity contribution is 6.62. The van der Waals surface area contributed by atoms with Crippen LogP contribution in [0.5, 0.6) is 0 Å². The van der Waals surface area contributed by atoms with Gasteiger partial charge in [-0.05, 0) is 75.4 Å². The van der Waals surface area contributed by atoms with Crippen LogP contribution in [0.3, 0.4) is 0 Å². The maximum absolute atomic E-state index is 9.08. The Kier molecular flexibility index (Phi) is 7.72. The number of benzene rings is 4. The third-order valence-corrected chi connectivity index (χ3v) is 7.70. The number of hydrogen-bond acceptors (Lipinski definition) is 5. The largest absolute Gasteiger partial charge is 0.299 e. The predicted molar refractivity (Wildman–Crippen MR) is 186 cm³/mol. The average Bonchev–Trinajstić information content (AvgIpc) is 3.12. The molecule has 0 spiro atoms. The Morgan fingerprint density at radius 2 is 1.04 bits per heavy atom. The van der Waals surface area contributed by atoms with Gasteiger partial charge in [-0.15, -0.1) is 0 Å². The Balaban J connectivity index is 1.24. The Morgan fingerprint density at radius 3 is 1.67 bits per heavy atom. The van der Waals surface area contributed by atoms with Crippen molar-refractivity contribution in [2.75, 3.05) is 5.43 Å². The van der Waals surface area contributed by atoms with E-state index < -0.39 is 0 Å². The summed E-state index contributed by atoms with van der Waals surface area (Å²) < 4.78 is 0. The summed E-state index contributed by atoms with van der Waals surface area (Å²) in [4.78, 5) is 9.12. The number of nitrogens with one attached hydrogen (secondary N) is 2. The van der Waals surface area contributed by atoms with Gasteiger partial charge in [0.25, 0.3) is 0 Å². The van der Waals surface area contributed by atoms with E-state index in [9.17, 15) is 0 Å². The zero-order valence-corrected chi connectivity index (χ0v) is 24.4. The van der Waals surface area contributed by atoms with Gasteiger partial charge in [-0.2, -0.15) is 5.10 Å². The third-order valence-electron chi connectivity index (χ3n) is 7.70. The molecule has 2 aromatic heterocycles. The molecule has 45 heavy (non-hydrogen) atoms. The molecule has 214 valence electrons. The lowest BCUT2D eigenvalue weighted by atomic mass is 9.87. The number of allylic oxidation sites excluding steroid dienone is 4. The molecule has 0 amide bonds. The van der Waals surface area contributed by atoms with E-state index in [2.05, 4.69) is 89.3 Å². The van der Waals surface area contributed by atoms with Crippen LogP contribution >= 0.6 is 0 Å². The fourth-order valence-electron chi connectivity index (χ4n) is 5.37. The first kappa shape index (κ1) is 27.6. The summed E-state index contributed by atoms with van der Waals surface area (Å²) in [5, 5.41) is 13.8. The number of rotatable bonds is 7. The number of anilines is 1. The average molecular weight is 580 g/mol. The Hall–Kier alpha value is -6.20. The molecular weight excluding hydrogens is 550 g/mol. The third kappa shape index (κ3) is 6.14. The van der Waals surface area contributed by atoms with Crippen LogP contribution in [-0.2, 0) is 0 Å². The van der Waals surface area contributed by atoms with E-state index in [-0.39, 0.29) is 0 Å². The zero-order valence-electron chi connectivity index (χ0n) is 24.4. The number of hydrogen-bond donors (Lipinski definition) is 2. The smallest absolute Gasteiger partial charge is 0.146 e. The second kappa shape index (κ2) is 12.6. The number of nitrogens with zero attached hydrogens (tertiary/aromatic N) is 3. The molecule has 2 heterocycles. The van der Waals surface area contributed by atoms with Gasteiger partial charge in [0.15, 0.2) is 0 Å². The zero-order chi connectivity index (χ0) is 30.4. The topological polar surface area (TPSA) is 74.0 Å². The van der Waals surface area contributed by atoms with Gasteiger partial charge in [0.1, 0.15) is 11.5 Å². The molecule has 0 saturated carbocycles. The van der Waals surface area contributed by atoms with Gasteiger partial charge < -0.3 is 0 Å². The molecule has 5 nitrogen and oxygen atoms in total. The van der Waals surface area contributed by atoms with Crippen molar-refractivity contribution < 1.29 is 0 Å². The SMILES string of the molecule is N=C1C=C(c2ccc(-c3ccccc3)cc2)C=C(c2ccc(-c3ccccc3)cc2)/C1=N/Nc1cccc(-c2ccccn2)n1. The van der Waals surface area contributed by atoms with Crippen LogP contribution in [0, 0.1) is 5.41 Å². The van der Waals surface area contributed by atoms with Crippen molar-refractivity contribution >= 4 is 28.4 Å². The van der Waals surface area contributed by atoms with Crippen molar-refractivity contribution in [3.8, 4) is 33.6 Å². The van der Waals surface area contributed by atoms with E-state index in [1.54, 1.807) is 6.20 Å². The molecule has 2 N–H and O–H groups in total. The van der Waals surface area contributed by atoms with Gasteiger partial charge >= 0.3 is 0 Å². The maximum Gasteiger partial charge on any atom is 0.146 e. The fourth-order valence-corrected chi connectivity index (χ4v) is 5.37. The normalized spacial score (nSPS) is 13.7. The molecule has 7 rings (SSSR count). The van der Waals surface area contributed by atoms with E-state index >= 15 is 0 Å². The Bertz CT molecular complexity index is 2040. The van der Waals surface area contributed by atoms with Crippen LogP contribution in [0.2, 0.25) is 0 Å². The monoisotopic (exact) mass is 579 g/mol. The van der Waals surface area contributed by atoms with E-state index in [0.29, 0.717) is 17.2 Å². The summed E-state index contributed by atoms with van der Waals surface area (Å²) in [6.07, 6.45) is 5.74. The van der Waals surface area contributed by atoms with Gasteiger partial charge in [0.05, 0.1) is 17.1 Å². The van der Waals surface area contributed by atoms with Crippen LogP contribution in [-0.4, -0.2) is 21.4 Å². The molecule has 5 heteroatoms. The highest BCUT2D eigenvalue weighted by atomic mass is 15.3. The Labute approximate surface area is 262 Å². The van der Waals surface area contributed by atoms with Gasteiger partial charge in [0, 0.05) is 11.8 Å². The summed E-state index contributed by atoms with van der Waals surface area (Å²) in [6.45, 7) is 0. The standard InChI is InChI=1S/C40H29N5/c41-36-27-34(32-19-17-30(18-20-32)28-10-3-1-4-11-28)26-35(33-23-21-31(22-24-33)29-12-5-2-6-13-29)40(36)45-44-39-16-9-15-38(43-39)37-14-7-8-25-42-37/h1-27,41H,(H,43,44)/b41-36?,45-40-. The van der Waals surface area contributed by atoms with E-state index in [4.69, 9.17) is 15.5 Å². The van der Waals surface area contributed by atoms with Crippen LogP contribution in [0.1, 0.15) is 11.1 Å². The van der Waals surface area contributed by atoms with Gasteiger partial charge in [-0.25, -0.2) is 4.98 Å². The second-order valence-corrected chi connectivity index (χ2v) is 10.7. The lowest BCUT2D eigenvalue weighted by molar-refractivity contribution is 1.20. The Morgan fingerprint density at radius 1 is 0.489 bits per heavy atom. The minimum atomic E-state index is 0.315. The summed E-state index contributed by atoms with van der Waals surface area (Å²) in [5.41, 5.74) is 13.9. The maximum atomic E-state index is 9.08. The first-order valence-electron chi connectivity index (χ1n) is 14.8. The number of hydrazone groups is 1. The van der Waals surface area contributed by atoms with Gasteiger partial charge in [0.2, 0.25) is 0 Å². The molecule has 0 radical (unpaired) electrons. The predicted octanol–water partition coefficient (Wildman–Crippen LogP) is 9.45. The van der Waals surface area contributed by atoms with Crippen molar-refractivity contribution in [1.29, 1.82) is 5.41 Å². The van der Waals surface area contributed by atoms with E-state index in [0.717, 1.165) is 50.4 Å². The first-order valence-corrected chi connectivity index (χ1v) is 14.8. The molecular formula is C40H29N5. The quantitative estimate of drug-likeness (QED) is 0.146. The summed E-state index contributed by atoms with van der Waals surface area (Å²) >= 11 is 0. The molecule has 0 atom stereocenters. The minimum Gasteiger partial charge on any atom is -0.299 e. The molecule has 0 saturated heterocycles. The van der Waals surface area contributed by atoms with Crippen LogP contribution in [0.4, 0.5) is 5.82 Å². The van der Waals surface area contributed by atoms with Crippen LogP contribution < -0.4 is 5.43 Å². The second-order valence-electron chi connectivity index (χ2n) is 10.7. The van der Waals surface area contributed by atoms with Crippen molar-refractivity contribution in [1.82, 2.24) is 9.97 Å². The first-order chi connectivity index (χ1) is 22.2. The molecule has 1 aliphatic carbocycles. The lowest BCUT2D eigenvalue weighted by Crippen LogP contribution is -2.19. The number of pyridine rings is 2. The van der Waals surface area contributed by atoms with Crippen LogP contribution in [0.15, 0.2) is 169 Å². The van der Waals surface area contributed by atoms with E-state index in [1.807, 2.05) is 78.9 Å². The minimum absolute atomic E-state index is 0.315. The molecule has 0 fully saturated rings. The lowest BCUT2D eigenvalue weighted by Gasteiger charge is -2.19. The fraction of sp³-hybridized carbons (Fsp3) is 0. The molecule has 0 aliphatic heterocycles. The molecule has 4 aromatic carbocycles. The molecule has 1 aliphatic rings. The summed E-state index contributed by atoms with van der Waals surface area (Å²) in [6, 6.07) is 49.0. The van der Waals surface area contributed by atoms with Crippen molar-refractivity contribution in [3.63, 3.8) is 0 Å². The van der Waals surface area contributed by atoms with E-state index in [1.165, 1.54) is 5.56 Å². The van der Waals surface area contributed by atoms with Gasteiger partial charge in [-0.1, -0.05) is 121 Å². The molecule has 0 unspecified atom stereocenters. The van der Waals surface area contributed by atoms with Crippen LogP contribution in [0.25, 0.3) is 44.8 Å². The highest BCUT2D eigenvalue weighted by Gasteiger charge is 2.21. The van der Waals surface area contributed by atoms with Crippen molar-refractivity contribution in [3.05, 3.63) is 175 Å².